The van der Waals surface area contributed by atoms with Crippen LogP contribution >= 0.6 is 15.9 Å². The van der Waals surface area contributed by atoms with Gasteiger partial charge >= 0.3 is 6.03 Å². The highest BCUT2D eigenvalue weighted by atomic mass is 79.9. The number of benzene rings is 1. The molecule has 0 aliphatic rings. The maximum absolute atomic E-state index is 13.4. The van der Waals surface area contributed by atoms with Crippen LogP contribution in [0.3, 0.4) is 0 Å². The smallest absolute Gasteiger partial charge is 0.321 e. The zero-order valence-electron chi connectivity index (χ0n) is 9.41. The van der Waals surface area contributed by atoms with E-state index < -0.39 is 11.8 Å². The van der Waals surface area contributed by atoms with E-state index in [0.717, 1.165) is 0 Å². The molecule has 2 N–H and O–H groups in total. The van der Waals surface area contributed by atoms with E-state index in [2.05, 4.69) is 21.2 Å². The van der Waals surface area contributed by atoms with E-state index in [0.29, 0.717) is 11.0 Å². The third kappa shape index (κ3) is 3.98. The molecule has 0 aliphatic heterocycles. The zero-order chi connectivity index (χ0) is 12.8. The lowest BCUT2D eigenvalue weighted by Crippen LogP contribution is -2.37. The van der Waals surface area contributed by atoms with Crippen LogP contribution in [0.2, 0.25) is 0 Å². The number of rotatable bonds is 4. The first-order valence-corrected chi connectivity index (χ1v) is 5.99. The van der Waals surface area contributed by atoms with Crippen LogP contribution in [-0.4, -0.2) is 35.7 Å². The summed E-state index contributed by atoms with van der Waals surface area (Å²) in [7, 11) is 0. The van der Waals surface area contributed by atoms with Crippen molar-refractivity contribution in [3.63, 3.8) is 0 Å². The van der Waals surface area contributed by atoms with Crippen molar-refractivity contribution in [1.29, 1.82) is 0 Å². The Bertz CT molecular complexity index is 401. The maximum Gasteiger partial charge on any atom is 0.321 e. The fraction of sp³-hybridized carbons (Fsp3) is 0.364. The fourth-order valence-electron chi connectivity index (χ4n) is 1.31. The van der Waals surface area contributed by atoms with E-state index in [9.17, 15) is 9.18 Å². The van der Waals surface area contributed by atoms with Gasteiger partial charge in [0, 0.05) is 17.6 Å². The normalized spacial score (nSPS) is 10.1. The van der Waals surface area contributed by atoms with E-state index >= 15 is 0 Å². The molecule has 6 heteroatoms. The topological polar surface area (TPSA) is 52.6 Å². The summed E-state index contributed by atoms with van der Waals surface area (Å²) in [5.74, 6) is -0.499. The number of carbonyl (C=O) groups is 1. The first-order valence-electron chi connectivity index (χ1n) is 5.20. The summed E-state index contributed by atoms with van der Waals surface area (Å²) in [6, 6.07) is 3.87. The van der Waals surface area contributed by atoms with Gasteiger partial charge in [0.05, 0.1) is 12.3 Å². The number of amides is 2. The van der Waals surface area contributed by atoms with E-state index in [1.54, 1.807) is 13.0 Å². The first-order chi connectivity index (χ1) is 8.08. The van der Waals surface area contributed by atoms with Crippen molar-refractivity contribution in [1.82, 2.24) is 4.90 Å². The Morgan fingerprint density at radius 2 is 2.29 bits per heavy atom. The van der Waals surface area contributed by atoms with Crippen LogP contribution in [-0.2, 0) is 0 Å². The predicted octanol–water partition coefficient (Wildman–Crippen LogP) is 2.43. The molecular weight excluding hydrogens is 291 g/mol. The number of likely N-dealkylation sites (N-methyl/N-ethyl adjacent to an activating group) is 1. The Labute approximate surface area is 108 Å². The molecule has 1 rings (SSSR count). The maximum atomic E-state index is 13.4. The fourth-order valence-corrected chi connectivity index (χ4v) is 1.67. The van der Waals surface area contributed by atoms with Crippen LogP contribution in [0.1, 0.15) is 6.92 Å². The molecule has 0 heterocycles. The number of hydrogen-bond acceptors (Lipinski definition) is 2. The molecule has 2 amide bonds. The van der Waals surface area contributed by atoms with Gasteiger partial charge in [-0.1, -0.05) is 15.9 Å². The molecule has 0 aliphatic carbocycles. The number of nitrogens with zero attached hydrogens (tertiary/aromatic N) is 1. The highest BCUT2D eigenvalue weighted by molar-refractivity contribution is 9.10. The van der Waals surface area contributed by atoms with Crippen molar-refractivity contribution in [2.45, 2.75) is 6.92 Å². The van der Waals surface area contributed by atoms with Gasteiger partial charge in [-0.05, 0) is 25.1 Å². The number of aliphatic hydroxyl groups is 1. The van der Waals surface area contributed by atoms with Gasteiger partial charge in [-0.15, -0.1) is 0 Å². The van der Waals surface area contributed by atoms with E-state index in [1.807, 2.05) is 0 Å². The Hall–Kier alpha value is -1.14. The first kappa shape index (κ1) is 13.9. The highest BCUT2D eigenvalue weighted by Crippen LogP contribution is 2.20. The molecule has 0 radical (unpaired) electrons. The molecular formula is C11H14BrFN2O2. The second-order valence-corrected chi connectivity index (χ2v) is 4.27. The van der Waals surface area contributed by atoms with Gasteiger partial charge in [0.2, 0.25) is 0 Å². The van der Waals surface area contributed by atoms with Gasteiger partial charge < -0.3 is 15.3 Å². The summed E-state index contributed by atoms with van der Waals surface area (Å²) in [6.07, 6.45) is 0. The predicted molar refractivity (Wildman–Crippen MR) is 67.5 cm³/mol. The lowest BCUT2D eigenvalue weighted by Gasteiger charge is -2.20. The number of urea groups is 1. The van der Waals surface area contributed by atoms with Crippen molar-refractivity contribution in [2.24, 2.45) is 0 Å². The third-order valence-corrected chi connectivity index (χ3v) is 2.70. The van der Waals surface area contributed by atoms with Crippen molar-refractivity contribution in [3.8, 4) is 0 Å². The molecule has 4 nitrogen and oxygen atoms in total. The summed E-state index contributed by atoms with van der Waals surface area (Å²) >= 11 is 3.20. The Morgan fingerprint density at radius 3 is 2.88 bits per heavy atom. The van der Waals surface area contributed by atoms with Gasteiger partial charge in [-0.25, -0.2) is 9.18 Å². The average molecular weight is 305 g/mol. The standard InChI is InChI=1S/C11H14BrFN2O2/c1-2-15(5-6-16)11(17)14-10-7-8(12)3-4-9(10)13/h3-4,7,16H,2,5-6H2,1H3,(H,14,17). The molecule has 0 atom stereocenters. The van der Waals surface area contributed by atoms with Crippen LogP contribution in [0.4, 0.5) is 14.9 Å². The van der Waals surface area contributed by atoms with Gasteiger partial charge in [0.25, 0.3) is 0 Å². The summed E-state index contributed by atoms with van der Waals surface area (Å²) in [5, 5.41) is 11.2. The molecule has 0 fully saturated rings. The SMILES string of the molecule is CCN(CCO)C(=O)Nc1cc(Br)ccc1F. The van der Waals surface area contributed by atoms with Crippen LogP contribution in [0, 0.1) is 5.82 Å². The van der Waals surface area contributed by atoms with Gasteiger partial charge in [-0.3, -0.25) is 0 Å². The second-order valence-electron chi connectivity index (χ2n) is 3.36. The van der Waals surface area contributed by atoms with Crippen molar-refractivity contribution >= 4 is 27.6 Å². The van der Waals surface area contributed by atoms with Crippen LogP contribution in [0.15, 0.2) is 22.7 Å². The molecule has 17 heavy (non-hydrogen) atoms. The van der Waals surface area contributed by atoms with Crippen LogP contribution in [0.5, 0.6) is 0 Å². The lowest BCUT2D eigenvalue weighted by molar-refractivity contribution is 0.192. The molecule has 0 bridgehead atoms. The van der Waals surface area contributed by atoms with Crippen molar-refractivity contribution < 1.29 is 14.3 Å². The number of nitrogens with one attached hydrogen (secondary N) is 1. The molecule has 94 valence electrons. The Balaban J connectivity index is 2.76. The monoisotopic (exact) mass is 304 g/mol. The molecule has 0 saturated heterocycles. The van der Waals surface area contributed by atoms with E-state index in [-0.39, 0.29) is 18.8 Å². The summed E-state index contributed by atoms with van der Waals surface area (Å²) in [4.78, 5) is 13.1. The molecule has 0 saturated carbocycles. The molecule has 0 spiro atoms. The quantitative estimate of drug-likeness (QED) is 0.897. The van der Waals surface area contributed by atoms with Gasteiger partial charge in [0.15, 0.2) is 0 Å². The van der Waals surface area contributed by atoms with E-state index in [4.69, 9.17) is 5.11 Å². The second kappa shape index (κ2) is 6.56. The lowest BCUT2D eigenvalue weighted by atomic mass is 10.3. The minimum Gasteiger partial charge on any atom is -0.395 e. The molecule has 1 aromatic rings. The average Bonchev–Trinajstić information content (AvgIpc) is 2.30. The zero-order valence-corrected chi connectivity index (χ0v) is 11.0. The van der Waals surface area contributed by atoms with Gasteiger partial charge in [-0.2, -0.15) is 0 Å². The molecule has 1 aromatic carbocycles. The van der Waals surface area contributed by atoms with Gasteiger partial charge in [0.1, 0.15) is 5.82 Å². The van der Waals surface area contributed by atoms with Crippen LogP contribution in [0.25, 0.3) is 0 Å². The minimum atomic E-state index is -0.499. The Morgan fingerprint density at radius 1 is 1.59 bits per heavy atom. The number of anilines is 1. The van der Waals surface area contributed by atoms with E-state index in [1.165, 1.54) is 17.0 Å². The van der Waals surface area contributed by atoms with Crippen molar-refractivity contribution in [2.75, 3.05) is 25.0 Å². The minimum absolute atomic E-state index is 0.112. The van der Waals surface area contributed by atoms with Crippen LogP contribution < -0.4 is 5.32 Å². The molecule has 0 unspecified atom stereocenters. The third-order valence-electron chi connectivity index (χ3n) is 2.21. The number of hydrogen-bond donors (Lipinski definition) is 2. The van der Waals surface area contributed by atoms with Crippen molar-refractivity contribution in [3.05, 3.63) is 28.5 Å². The largest absolute Gasteiger partial charge is 0.395 e. The number of aliphatic hydroxyl groups excluding tert-OH is 1. The summed E-state index contributed by atoms with van der Waals surface area (Å²) in [6.45, 7) is 2.33. The summed E-state index contributed by atoms with van der Waals surface area (Å²) < 4.78 is 14.1. The Kier molecular flexibility index (Phi) is 5.37. The highest BCUT2D eigenvalue weighted by Gasteiger charge is 2.13. The number of halogens is 2. The number of carbonyl (C=O) groups excluding carboxylic acids is 1. The molecule has 0 aromatic heterocycles. The summed E-state index contributed by atoms with van der Waals surface area (Å²) in [5.41, 5.74) is 0.112.